The number of nitrogens with zero attached hydrogens (tertiary/aromatic N) is 1. The number of amides is 1. The number of nitrogens with one attached hydrogen (secondary N) is 1. The van der Waals surface area contributed by atoms with E-state index in [0.717, 1.165) is 6.42 Å². The number of carbonyl (C=O) groups is 1. The van der Waals surface area contributed by atoms with Crippen LogP contribution in [0.1, 0.15) is 16.8 Å². The van der Waals surface area contributed by atoms with E-state index in [1.807, 2.05) is 0 Å². The number of anilines is 1. The number of ether oxygens (including phenoxy) is 1. The maximum absolute atomic E-state index is 11.7. The van der Waals surface area contributed by atoms with Gasteiger partial charge in [0.25, 0.3) is 5.91 Å². The molecule has 1 rings (SSSR count). The Bertz CT molecular complexity index is 371. The number of pyridine rings is 1. The third-order valence-corrected chi connectivity index (χ3v) is 2.23. The highest BCUT2D eigenvalue weighted by Gasteiger charge is 2.10. The smallest absolute Gasteiger partial charge is 0.252 e. The Morgan fingerprint density at radius 3 is 3.12 bits per heavy atom. The average molecular weight is 244 g/mol. The lowest BCUT2D eigenvalue weighted by molar-refractivity contribution is 0.0948. The Morgan fingerprint density at radius 2 is 2.44 bits per heavy atom. The number of nitrogen functional groups attached to an aromatic ring is 1. The molecule has 0 aromatic carbocycles. The third kappa shape index (κ3) is 3.67. The summed E-state index contributed by atoms with van der Waals surface area (Å²) in [5.41, 5.74) is 5.81. The standard InChI is InChI=1S/C10H14ClN3O2/c1-16-4-2-3-13-10(15)7-5-9(12)14-6-8(7)11/h5-6H,2-4H2,1H3,(H2,12,14)(H,13,15). The molecule has 6 heteroatoms. The van der Waals surface area contributed by atoms with Gasteiger partial charge in [-0.25, -0.2) is 4.98 Å². The van der Waals surface area contributed by atoms with E-state index in [2.05, 4.69) is 10.3 Å². The molecule has 0 atom stereocenters. The number of hydrogen-bond donors (Lipinski definition) is 2. The second-order valence-corrected chi connectivity index (χ2v) is 3.60. The van der Waals surface area contributed by atoms with E-state index in [9.17, 15) is 4.79 Å². The molecular weight excluding hydrogens is 230 g/mol. The zero-order chi connectivity index (χ0) is 12.0. The highest BCUT2D eigenvalue weighted by molar-refractivity contribution is 6.33. The van der Waals surface area contributed by atoms with Gasteiger partial charge in [0, 0.05) is 26.5 Å². The highest BCUT2D eigenvalue weighted by Crippen LogP contribution is 2.16. The molecule has 1 aromatic rings. The van der Waals surface area contributed by atoms with E-state index in [4.69, 9.17) is 22.1 Å². The summed E-state index contributed by atoms with van der Waals surface area (Å²) in [7, 11) is 1.61. The van der Waals surface area contributed by atoms with Crippen LogP contribution in [0, 0.1) is 0 Å². The monoisotopic (exact) mass is 243 g/mol. The number of methoxy groups -OCH3 is 1. The van der Waals surface area contributed by atoms with Crippen LogP contribution in [-0.2, 0) is 4.74 Å². The van der Waals surface area contributed by atoms with Gasteiger partial charge < -0.3 is 15.8 Å². The second-order valence-electron chi connectivity index (χ2n) is 3.19. The van der Waals surface area contributed by atoms with Gasteiger partial charge in [0.05, 0.1) is 10.6 Å². The van der Waals surface area contributed by atoms with Crippen LogP contribution in [0.25, 0.3) is 0 Å². The lowest BCUT2D eigenvalue weighted by atomic mass is 10.2. The highest BCUT2D eigenvalue weighted by atomic mass is 35.5. The maximum Gasteiger partial charge on any atom is 0.252 e. The predicted molar refractivity (Wildman–Crippen MR) is 62.5 cm³/mol. The van der Waals surface area contributed by atoms with Gasteiger partial charge in [-0.1, -0.05) is 11.6 Å². The number of halogens is 1. The Kier molecular flexibility index (Phi) is 5.01. The van der Waals surface area contributed by atoms with Crippen LogP contribution in [0.4, 0.5) is 5.82 Å². The molecule has 0 saturated carbocycles. The van der Waals surface area contributed by atoms with Crippen LogP contribution < -0.4 is 11.1 Å². The van der Waals surface area contributed by atoms with Crippen molar-refractivity contribution in [3.8, 4) is 0 Å². The largest absolute Gasteiger partial charge is 0.385 e. The summed E-state index contributed by atoms with van der Waals surface area (Å²) >= 11 is 5.83. The maximum atomic E-state index is 11.7. The fourth-order valence-corrected chi connectivity index (χ4v) is 1.33. The average Bonchev–Trinajstić information content (AvgIpc) is 2.27. The Labute approximate surface area is 98.9 Å². The molecule has 0 aliphatic heterocycles. The molecule has 0 radical (unpaired) electrons. The number of hydrogen-bond acceptors (Lipinski definition) is 4. The topological polar surface area (TPSA) is 77.2 Å². The minimum absolute atomic E-state index is 0.254. The molecule has 1 aromatic heterocycles. The first kappa shape index (κ1) is 12.7. The van der Waals surface area contributed by atoms with Gasteiger partial charge >= 0.3 is 0 Å². The number of carbonyl (C=O) groups excluding carboxylic acids is 1. The van der Waals surface area contributed by atoms with Crippen LogP contribution in [0.2, 0.25) is 5.02 Å². The van der Waals surface area contributed by atoms with Crippen molar-refractivity contribution in [1.29, 1.82) is 0 Å². The van der Waals surface area contributed by atoms with Crippen molar-refractivity contribution >= 4 is 23.3 Å². The fraction of sp³-hybridized carbons (Fsp3) is 0.400. The van der Waals surface area contributed by atoms with Gasteiger partial charge in [0.1, 0.15) is 5.82 Å². The van der Waals surface area contributed by atoms with Crippen molar-refractivity contribution in [3.63, 3.8) is 0 Å². The van der Waals surface area contributed by atoms with Crippen molar-refractivity contribution < 1.29 is 9.53 Å². The van der Waals surface area contributed by atoms with E-state index in [1.54, 1.807) is 7.11 Å². The molecule has 0 saturated heterocycles. The Morgan fingerprint density at radius 1 is 1.69 bits per heavy atom. The molecule has 5 nitrogen and oxygen atoms in total. The van der Waals surface area contributed by atoms with Crippen LogP contribution in [0.3, 0.4) is 0 Å². The summed E-state index contributed by atoms with van der Waals surface area (Å²) in [5, 5.41) is 3.01. The van der Waals surface area contributed by atoms with Gasteiger partial charge in [-0.05, 0) is 12.5 Å². The zero-order valence-electron chi connectivity index (χ0n) is 9.00. The van der Waals surface area contributed by atoms with Crippen molar-refractivity contribution in [2.24, 2.45) is 0 Å². The summed E-state index contributed by atoms with van der Waals surface area (Å²) in [6.07, 6.45) is 2.11. The van der Waals surface area contributed by atoms with E-state index in [-0.39, 0.29) is 11.7 Å². The molecule has 1 heterocycles. The van der Waals surface area contributed by atoms with E-state index >= 15 is 0 Å². The SMILES string of the molecule is COCCCNC(=O)c1cc(N)ncc1Cl. The van der Waals surface area contributed by atoms with Gasteiger partial charge in [-0.3, -0.25) is 4.79 Å². The van der Waals surface area contributed by atoms with E-state index in [0.29, 0.717) is 23.7 Å². The van der Waals surface area contributed by atoms with Crippen molar-refractivity contribution in [2.75, 3.05) is 26.0 Å². The first-order chi connectivity index (χ1) is 7.65. The second kappa shape index (κ2) is 6.30. The van der Waals surface area contributed by atoms with Gasteiger partial charge in [-0.2, -0.15) is 0 Å². The van der Waals surface area contributed by atoms with Crippen LogP contribution in [0.15, 0.2) is 12.3 Å². The third-order valence-electron chi connectivity index (χ3n) is 1.93. The first-order valence-corrected chi connectivity index (χ1v) is 5.21. The molecule has 16 heavy (non-hydrogen) atoms. The first-order valence-electron chi connectivity index (χ1n) is 4.83. The summed E-state index contributed by atoms with van der Waals surface area (Å²) in [4.78, 5) is 15.4. The molecule has 0 spiro atoms. The molecule has 3 N–H and O–H groups in total. The van der Waals surface area contributed by atoms with Crippen LogP contribution in [0.5, 0.6) is 0 Å². The molecule has 0 aliphatic carbocycles. The van der Waals surface area contributed by atoms with Crippen LogP contribution >= 0.6 is 11.6 Å². The summed E-state index contributed by atoms with van der Waals surface area (Å²) in [6.45, 7) is 1.14. The van der Waals surface area contributed by atoms with Gasteiger partial charge in [-0.15, -0.1) is 0 Å². The Hall–Kier alpha value is -1.33. The number of nitrogens with two attached hydrogens (primary N) is 1. The van der Waals surface area contributed by atoms with E-state index < -0.39 is 0 Å². The number of rotatable bonds is 5. The van der Waals surface area contributed by atoms with Crippen molar-refractivity contribution in [3.05, 3.63) is 22.8 Å². The summed E-state index contributed by atoms with van der Waals surface area (Å²) < 4.78 is 4.86. The lowest BCUT2D eigenvalue weighted by Crippen LogP contribution is -2.25. The van der Waals surface area contributed by atoms with Gasteiger partial charge in [0.15, 0.2) is 0 Å². The molecular formula is C10H14ClN3O2. The quantitative estimate of drug-likeness (QED) is 0.759. The minimum Gasteiger partial charge on any atom is -0.385 e. The van der Waals surface area contributed by atoms with Crippen LogP contribution in [-0.4, -0.2) is 31.2 Å². The molecule has 0 bridgehead atoms. The van der Waals surface area contributed by atoms with Gasteiger partial charge in [0.2, 0.25) is 0 Å². The minimum atomic E-state index is -0.254. The molecule has 88 valence electrons. The molecule has 1 amide bonds. The fourth-order valence-electron chi connectivity index (χ4n) is 1.14. The normalized spacial score (nSPS) is 10.1. The lowest BCUT2D eigenvalue weighted by Gasteiger charge is -2.06. The summed E-state index contributed by atoms with van der Waals surface area (Å²) in [6, 6.07) is 1.45. The molecule has 0 fully saturated rings. The van der Waals surface area contributed by atoms with Crippen molar-refractivity contribution in [2.45, 2.75) is 6.42 Å². The van der Waals surface area contributed by atoms with Crippen molar-refractivity contribution in [1.82, 2.24) is 10.3 Å². The van der Waals surface area contributed by atoms with E-state index in [1.165, 1.54) is 12.3 Å². The molecule has 0 unspecified atom stereocenters. The zero-order valence-corrected chi connectivity index (χ0v) is 9.75. The summed E-state index contributed by atoms with van der Waals surface area (Å²) in [5.74, 6) is 0.0154. The predicted octanol–water partition coefficient (Wildman–Crippen LogP) is 1.08. The Balaban J connectivity index is 2.55. The number of aromatic nitrogens is 1. The molecule has 0 aliphatic rings.